The summed E-state index contributed by atoms with van der Waals surface area (Å²) in [6.45, 7) is 7.05. The summed E-state index contributed by atoms with van der Waals surface area (Å²) in [7, 11) is 0. The molecule has 2 aromatic rings. The Morgan fingerprint density at radius 1 is 1.22 bits per heavy atom. The first-order valence-electron chi connectivity index (χ1n) is 9.93. The van der Waals surface area contributed by atoms with Gasteiger partial charge in [-0.05, 0) is 47.8 Å². The second-order valence-electron chi connectivity index (χ2n) is 8.36. The van der Waals surface area contributed by atoms with E-state index in [1.165, 1.54) is 23.3 Å². The molecule has 0 saturated heterocycles. The molecule has 0 fully saturated rings. The van der Waals surface area contributed by atoms with Crippen molar-refractivity contribution in [3.05, 3.63) is 58.0 Å². The van der Waals surface area contributed by atoms with Gasteiger partial charge in [-0.2, -0.15) is 0 Å². The average Bonchev–Trinajstić information content (AvgIpc) is 3.05. The van der Waals surface area contributed by atoms with E-state index in [4.69, 9.17) is 0 Å². The van der Waals surface area contributed by atoms with Gasteiger partial charge in [0.1, 0.15) is 11.2 Å². The molecule has 2 unspecified atom stereocenters. The van der Waals surface area contributed by atoms with Crippen molar-refractivity contribution in [1.82, 2.24) is 5.32 Å². The average molecular weight is 381 g/mol. The van der Waals surface area contributed by atoms with Crippen LogP contribution < -0.4 is 10.6 Å². The van der Waals surface area contributed by atoms with Crippen LogP contribution in [0.25, 0.3) is 6.08 Å². The second kappa shape index (κ2) is 7.16. The minimum atomic E-state index is -0.159. The predicted octanol–water partition coefficient (Wildman–Crippen LogP) is 5.48. The number of amides is 1. The van der Waals surface area contributed by atoms with Crippen LogP contribution in [-0.2, 0) is 12.8 Å². The maximum atomic E-state index is 12.8. The third kappa shape index (κ3) is 3.55. The molecule has 2 atom stereocenters. The number of benzene rings is 1. The molecule has 4 heteroatoms. The molecule has 2 heterocycles. The number of anilines is 1. The van der Waals surface area contributed by atoms with Gasteiger partial charge < -0.3 is 10.6 Å². The van der Waals surface area contributed by atoms with Gasteiger partial charge in [-0.15, -0.1) is 11.3 Å². The quantitative estimate of drug-likeness (QED) is 0.737. The fraction of sp³-hybridized carbons (Fsp3) is 0.435. The van der Waals surface area contributed by atoms with Gasteiger partial charge in [0.2, 0.25) is 0 Å². The Morgan fingerprint density at radius 2 is 2.00 bits per heavy atom. The molecule has 0 bridgehead atoms. The van der Waals surface area contributed by atoms with Gasteiger partial charge in [0, 0.05) is 4.88 Å². The fourth-order valence-electron chi connectivity index (χ4n) is 4.14. The van der Waals surface area contributed by atoms with Crippen LogP contribution in [-0.4, -0.2) is 12.1 Å². The molecule has 0 radical (unpaired) electrons. The molecule has 142 valence electrons. The number of thiophene rings is 1. The van der Waals surface area contributed by atoms with Crippen molar-refractivity contribution in [3.63, 3.8) is 0 Å². The van der Waals surface area contributed by atoms with Gasteiger partial charge >= 0.3 is 0 Å². The fourth-order valence-corrected chi connectivity index (χ4v) is 5.50. The molecular formula is C23H28N2OS. The van der Waals surface area contributed by atoms with E-state index in [1.807, 2.05) is 24.3 Å². The van der Waals surface area contributed by atoms with Gasteiger partial charge in [-0.25, -0.2) is 0 Å². The molecule has 0 saturated carbocycles. The van der Waals surface area contributed by atoms with Crippen LogP contribution in [0.4, 0.5) is 5.00 Å². The minimum absolute atomic E-state index is 0.0668. The number of hydrogen-bond acceptors (Lipinski definition) is 3. The topological polar surface area (TPSA) is 41.1 Å². The van der Waals surface area contributed by atoms with Gasteiger partial charge in [-0.3, -0.25) is 4.79 Å². The maximum absolute atomic E-state index is 12.8. The van der Waals surface area contributed by atoms with Crippen LogP contribution >= 0.6 is 11.3 Å². The Kier molecular flexibility index (Phi) is 4.85. The van der Waals surface area contributed by atoms with E-state index in [1.54, 1.807) is 11.3 Å². The van der Waals surface area contributed by atoms with Crippen LogP contribution in [0.15, 0.2) is 36.4 Å². The van der Waals surface area contributed by atoms with Crippen molar-refractivity contribution < 1.29 is 4.79 Å². The molecule has 2 N–H and O–H groups in total. The normalized spacial score (nSPS) is 22.1. The zero-order chi connectivity index (χ0) is 19.0. The van der Waals surface area contributed by atoms with E-state index in [-0.39, 0.29) is 12.1 Å². The van der Waals surface area contributed by atoms with Crippen LogP contribution in [0.2, 0.25) is 0 Å². The van der Waals surface area contributed by atoms with E-state index in [0.29, 0.717) is 11.3 Å². The molecule has 1 amide bonds. The summed E-state index contributed by atoms with van der Waals surface area (Å²) < 4.78 is 0. The zero-order valence-corrected chi connectivity index (χ0v) is 17.2. The highest BCUT2D eigenvalue weighted by molar-refractivity contribution is 7.16. The van der Waals surface area contributed by atoms with Crippen LogP contribution in [0, 0.1) is 11.3 Å². The third-order valence-corrected chi connectivity index (χ3v) is 7.55. The highest BCUT2D eigenvalue weighted by Crippen LogP contribution is 2.46. The van der Waals surface area contributed by atoms with Crippen molar-refractivity contribution in [3.8, 4) is 0 Å². The van der Waals surface area contributed by atoms with E-state index >= 15 is 0 Å². The first kappa shape index (κ1) is 18.3. The molecule has 27 heavy (non-hydrogen) atoms. The zero-order valence-electron chi connectivity index (χ0n) is 16.3. The Balaban J connectivity index is 1.55. The Hall–Kier alpha value is -2.07. The van der Waals surface area contributed by atoms with Crippen molar-refractivity contribution in [2.75, 3.05) is 5.32 Å². The molecule has 4 rings (SSSR count). The standard InChI is InChI=1S/C23H28N2OS/c1-4-23(2,3)16-11-12-17-18(14-16)27-22-20(17)21(26)24-19(25-22)13-10-15-8-6-5-7-9-15/h5-10,13,16,19,25H,4,11-12,14H2,1-3H3,(H,24,26)/b13-10+. The number of fused-ring (bicyclic) bond motifs is 3. The lowest BCUT2D eigenvalue weighted by Crippen LogP contribution is -2.43. The Bertz CT molecular complexity index is 866. The highest BCUT2D eigenvalue weighted by atomic mass is 32.1. The largest absolute Gasteiger partial charge is 0.353 e. The van der Waals surface area contributed by atoms with E-state index in [9.17, 15) is 4.79 Å². The molecular weight excluding hydrogens is 352 g/mol. The maximum Gasteiger partial charge on any atom is 0.256 e. The SMILES string of the molecule is CCC(C)(C)C1CCc2c(sc3c2C(=O)NC(/C=C/c2ccccc2)N3)C1. The Morgan fingerprint density at radius 3 is 2.74 bits per heavy atom. The van der Waals surface area contributed by atoms with Crippen LogP contribution in [0.3, 0.4) is 0 Å². The second-order valence-corrected chi connectivity index (χ2v) is 9.46. The van der Waals surface area contributed by atoms with Crippen LogP contribution in [0.5, 0.6) is 0 Å². The highest BCUT2D eigenvalue weighted by Gasteiger charge is 2.36. The number of carbonyl (C=O) groups excluding carboxylic acids is 1. The molecule has 1 aromatic carbocycles. The monoisotopic (exact) mass is 380 g/mol. The van der Waals surface area contributed by atoms with E-state index in [2.05, 4.69) is 49.6 Å². The summed E-state index contributed by atoms with van der Waals surface area (Å²) in [5.41, 5.74) is 3.67. The van der Waals surface area contributed by atoms with Crippen molar-refractivity contribution >= 4 is 28.3 Å². The predicted molar refractivity (Wildman–Crippen MR) is 114 cm³/mol. The number of carbonyl (C=O) groups is 1. The molecule has 1 aliphatic carbocycles. The minimum Gasteiger partial charge on any atom is -0.353 e. The smallest absolute Gasteiger partial charge is 0.256 e. The third-order valence-electron chi connectivity index (χ3n) is 6.36. The lowest BCUT2D eigenvalue weighted by atomic mass is 9.69. The summed E-state index contributed by atoms with van der Waals surface area (Å²) >= 11 is 1.79. The van der Waals surface area contributed by atoms with Gasteiger partial charge in [0.05, 0.1) is 5.56 Å². The van der Waals surface area contributed by atoms with Gasteiger partial charge in [-0.1, -0.05) is 63.6 Å². The lowest BCUT2D eigenvalue weighted by Gasteiger charge is -2.36. The summed E-state index contributed by atoms with van der Waals surface area (Å²) in [5.74, 6) is 0.768. The van der Waals surface area contributed by atoms with Crippen molar-refractivity contribution in [1.29, 1.82) is 0 Å². The summed E-state index contributed by atoms with van der Waals surface area (Å²) in [4.78, 5) is 14.2. The molecule has 2 aliphatic rings. The Labute approximate surface area is 165 Å². The summed E-state index contributed by atoms with van der Waals surface area (Å²) in [6, 6.07) is 10.2. The van der Waals surface area contributed by atoms with E-state index < -0.39 is 0 Å². The van der Waals surface area contributed by atoms with Gasteiger partial charge in [0.15, 0.2) is 0 Å². The first-order valence-corrected chi connectivity index (χ1v) is 10.7. The molecule has 3 nitrogen and oxygen atoms in total. The van der Waals surface area contributed by atoms with Crippen molar-refractivity contribution in [2.45, 2.75) is 52.6 Å². The molecule has 1 aromatic heterocycles. The number of rotatable bonds is 4. The summed E-state index contributed by atoms with van der Waals surface area (Å²) in [5, 5.41) is 7.67. The van der Waals surface area contributed by atoms with E-state index in [0.717, 1.165) is 29.0 Å². The molecule has 0 spiro atoms. The van der Waals surface area contributed by atoms with Gasteiger partial charge in [0.25, 0.3) is 5.91 Å². The number of hydrogen-bond donors (Lipinski definition) is 2. The first-order chi connectivity index (χ1) is 13.0. The summed E-state index contributed by atoms with van der Waals surface area (Å²) in [6.07, 6.45) is 8.43. The molecule has 1 aliphatic heterocycles. The van der Waals surface area contributed by atoms with Crippen molar-refractivity contribution in [2.24, 2.45) is 11.3 Å². The number of nitrogens with one attached hydrogen (secondary N) is 2. The van der Waals surface area contributed by atoms with Crippen LogP contribution in [0.1, 0.15) is 60.0 Å². The lowest BCUT2D eigenvalue weighted by molar-refractivity contribution is 0.0942.